The van der Waals surface area contributed by atoms with Gasteiger partial charge in [-0.2, -0.15) is 0 Å². The summed E-state index contributed by atoms with van der Waals surface area (Å²) in [5, 5.41) is 8.64. The number of nitrogens with one attached hydrogen (secondary N) is 3. The maximum absolute atomic E-state index is 12.2. The summed E-state index contributed by atoms with van der Waals surface area (Å²) in [6.45, 7) is 3.57. The van der Waals surface area contributed by atoms with Crippen molar-refractivity contribution in [2.24, 2.45) is 17.8 Å². The molecule has 1 aromatic carbocycles. The molecule has 2 fully saturated rings. The molecule has 1 aromatic rings. The molecule has 0 radical (unpaired) electrons. The zero-order valence-corrected chi connectivity index (χ0v) is 13.8. The van der Waals surface area contributed by atoms with Crippen LogP contribution in [0.3, 0.4) is 0 Å². The van der Waals surface area contributed by atoms with Crippen molar-refractivity contribution in [2.75, 3.05) is 10.6 Å². The number of carbonyl (C=O) groups is 2. The van der Waals surface area contributed by atoms with E-state index in [1.807, 2.05) is 6.07 Å². The molecule has 23 heavy (non-hydrogen) atoms. The quantitative estimate of drug-likeness (QED) is 0.794. The second kappa shape index (κ2) is 6.60. The standard InChI is InChI=1S/C18H25N3O2/c1-11(17-9-13-6-7-14(17)8-13)19-18(23)21-16-5-3-4-15(10-16)20-12(2)22/h3-5,10-11,13-14,17H,6-9H2,1-2H3,(H,20,22)(H2,19,21,23). The molecular formula is C18H25N3O2. The van der Waals surface area contributed by atoms with Crippen LogP contribution >= 0.6 is 0 Å². The summed E-state index contributed by atoms with van der Waals surface area (Å²) in [6, 6.07) is 7.18. The average Bonchev–Trinajstić information content (AvgIpc) is 3.09. The van der Waals surface area contributed by atoms with Crippen LogP contribution in [-0.2, 0) is 4.79 Å². The van der Waals surface area contributed by atoms with Crippen LogP contribution in [0.4, 0.5) is 16.2 Å². The van der Waals surface area contributed by atoms with Gasteiger partial charge in [0.2, 0.25) is 5.91 Å². The number of rotatable bonds is 4. The molecule has 5 nitrogen and oxygen atoms in total. The summed E-state index contributed by atoms with van der Waals surface area (Å²) in [6.07, 6.45) is 5.29. The van der Waals surface area contributed by atoms with E-state index in [9.17, 15) is 9.59 Å². The van der Waals surface area contributed by atoms with Gasteiger partial charge in [0.1, 0.15) is 0 Å². The van der Waals surface area contributed by atoms with Crippen LogP contribution < -0.4 is 16.0 Å². The van der Waals surface area contributed by atoms with E-state index in [4.69, 9.17) is 0 Å². The lowest BCUT2D eigenvalue weighted by Gasteiger charge is -2.28. The minimum atomic E-state index is -0.180. The Kier molecular flexibility index (Phi) is 4.55. The Morgan fingerprint density at radius 1 is 1.13 bits per heavy atom. The van der Waals surface area contributed by atoms with E-state index in [1.165, 1.54) is 32.6 Å². The summed E-state index contributed by atoms with van der Waals surface area (Å²) in [7, 11) is 0. The maximum atomic E-state index is 12.2. The molecule has 0 heterocycles. The molecule has 0 aromatic heterocycles. The van der Waals surface area contributed by atoms with Gasteiger partial charge in [0, 0.05) is 24.3 Å². The average molecular weight is 315 g/mol. The highest BCUT2D eigenvalue weighted by molar-refractivity contribution is 5.92. The van der Waals surface area contributed by atoms with Crippen molar-refractivity contribution in [3.05, 3.63) is 24.3 Å². The number of amides is 3. The zero-order chi connectivity index (χ0) is 16.4. The fourth-order valence-electron chi connectivity index (χ4n) is 4.27. The van der Waals surface area contributed by atoms with Crippen LogP contribution in [0.2, 0.25) is 0 Å². The molecule has 124 valence electrons. The number of hydrogen-bond donors (Lipinski definition) is 3. The summed E-state index contributed by atoms with van der Waals surface area (Å²) in [5.74, 6) is 2.16. The van der Waals surface area contributed by atoms with Crippen molar-refractivity contribution in [3.63, 3.8) is 0 Å². The molecule has 2 aliphatic rings. The van der Waals surface area contributed by atoms with Crippen LogP contribution in [-0.4, -0.2) is 18.0 Å². The summed E-state index contributed by atoms with van der Waals surface area (Å²) < 4.78 is 0. The Hall–Kier alpha value is -2.04. The molecule has 0 saturated heterocycles. The lowest BCUT2D eigenvalue weighted by atomic mass is 9.84. The minimum Gasteiger partial charge on any atom is -0.335 e. The summed E-state index contributed by atoms with van der Waals surface area (Å²) in [5.41, 5.74) is 1.35. The third kappa shape index (κ3) is 3.84. The Labute approximate surface area is 137 Å². The first-order chi connectivity index (χ1) is 11.0. The Morgan fingerprint density at radius 2 is 1.87 bits per heavy atom. The zero-order valence-electron chi connectivity index (χ0n) is 13.8. The highest BCUT2D eigenvalue weighted by Gasteiger charge is 2.42. The van der Waals surface area contributed by atoms with E-state index < -0.39 is 0 Å². The van der Waals surface area contributed by atoms with Crippen LogP contribution in [0.15, 0.2) is 24.3 Å². The molecule has 2 saturated carbocycles. The van der Waals surface area contributed by atoms with Crippen LogP contribution in [0.1, 0.15) is 39.5 Å². The number of benzene rings is 1. The van der Waals surface area contributed by atoms with Crippen molar-refractivity contribution in [3.8, 4) is 0 Å². The molecule has 2 aliphatic carbocycles. The Balaban J connectivity index is 1.54. The van der Waals surface area contributed by atoms with Crippen molar-refractivity contribution in [1.29, 1.82) is 0 Å². The second-order valence-corrected chi connectivity index (χ2v) is 6.99. The third-order valence-electron chi connectivity index (χ3n) is 5.23. The Bertz CT molecular complexity index is 602. The number of urea groups is 1. The maximum Gasteiger partial charge on any atom is 0.319 e. The number of carbonyl (C=O) groups excluding carboxylic acids is 2. The summed E-state index contributed by atoms with van der Waals surface area (Å²) >= 11 is 0. The summed E-state index contributed by atoms with van der Waals surface area (Å²) in [4.78, 5) is 23.3. The van der Waals surface area contributed by atoms with Gasteiger partial charge in [0.25, 0.3) is 0 Å². The predicted molar refractivity (Wildman–Crippen MR) is 91.3 cm³/mol. The van der Waals surface area contributed by atoms with Crippen LogP contribution in [0.5, 0.6) is 0 Å². The van der Waals surface area contributed by atoms with Gasteiger partial charge < -0.3 is 16.0 Å². The molecule has 3 amide bonds. The fourth-order valence-corrected chi connectivity index (χ4v) is 4.27. The number of hydrogen-bond acceptors (Lipinski definition) is 2. The number of anilines is 2. The van der Waals surface area contributed by atoms with Gasteiger partial charge in [0.05, 0.1) is 0 Å². The van der Waals surface area contributed by atoms with E-state index in [2.05, 4.69) is 22.9 Å². The second-order valence-electron chi connectivity index (χ2n) is 6.99. The molecular weight excluding hydrogens is 290 g/mol. The first-order valence-electron chi connectivity index (χ1n) is 8.46. The van der Waals surface area contributed by atoms with Gasteiger partial charge in [-0.05, 0) is 62.1 Å². The van der Waals surface area contributed by atoms with Crippen molar-refractivity contribution >= 4 is 23.3 Å². The van der Waals surface area contributed by atoms with Crippen molar-refractivity contribution in [2.45, 2.75) is 45.6 Å². The minimum absolute atomic E-state index is 0.128. The van der Waals surface area contributed by atoms with E-state index in [1.54, 1.807) is 18.2 Å². The molecule has 5 heteroatoms. The van der Waals surface area contributed by atoms with E-state index in [0.29, 0.717) is 17.3 Å². The van der Waals surface area contributed by atoms with Gasteiger partial charge in [-0.15, -0.1) is 0 Å². The smallest absolute Gasteiger partial charge is 0.319 e. The van der Waals surface area contributed by atoms with E-state index >= 15 is 0 Å². The topological polar surface area (TPSA) is 70.2 Å². The van der Waals surface area contributed by atoms with Gasteiger partial charge in [0.15, 0.2) is 0 Å². The fraction of sp³-hybridized carbons (Fsp3) is 0.556. The normalized spacial score (nSPS) is 26.6. The first-order valence-corrected chi connectivity index (χ1v) is 8.46. The van der Waals surface area contributed by atoms with Gasteiger partial charge in [-0.25, -0.2) is 4.79 Å². The van der Waals surface area contributed by atoms with Gasteiger partial charge >= 0.3 is 6.03 Å². The monoisotopic (exact) mass is 315 g/mol. The molecule has 4 unspecified atom stereocenters. The van der Waals surface area contributed by atoms with E-state index in [0.717, 1.165) is 11.8 Å². The molecule has 3 rings (SSSR count). The van der Waals surface area contributed by atoms with Crippen LogP contribution in [0, 0.1) is 17.8 Å². The predicted octanol–water partition coefficient (Wildman–Crippen LogP) is 3.59. The lowest BCUT2D eigenvalue weighted by Crippen LogP contribution is -2.42. The van der Waals surface area contributed by atoms with E-state index in [-0.39, 0.29) is 18.0 Å². The largest absolute Gasteiger partial charge is 0.335 e. The Morgan fingerprint density at radius 3 is 2.48 bits per heavy atom. The molecule has 3 N–H and O–H groups in total. The molecule has 4 atom stereocenters. The third-order valence-corrected chi connectivity index (χ3v) is 5.23. The molecule has 2 bridgehead atoms. The molecule has 0 aliphatic heterocycles. The van der Waals surface area contributed by atoms with Gasteiger partial charge in [-0.1, -0.05) is 12.5 Å². The lowest BCUT2D eigenvalue weighted by molar-refractivity contribution is -0.114. The first kappa shape index (κ1) is 15.8. The molecule has 0 spiro atoms. The highest BCUT2D eigenvalue weighted by Crippen LogP contribution is 2.49. The van der Waals surface area contributed by atoms with Gasteiger partial charge in [-0.3, -0.25) is 4.79 Å². The van der Waals surface area contributed by atoms with Crippen molar-refractivity contribution in [1.82, 2.24) is 5.32 Å². The number of fused-ring (bicyclic) bond motifs is 2. The highest BCUT2D eigenvalue weighted by atomic mass is 16.2. The van der Waals surface area contributed by atoms with Crippen LogP contribution in [0.25, 0.3) is 0 Å². The van der Waals surface area contributed by atoms with Crippen molar-refractivity contribution < 1.29 is 9.59 Å². The SMILES string of the molecule is CC(=O)Nc1cccc(NC(=O)NC(C)C2CC3CCC2C3)c1.